The van der Waals surface area contributed by atoms with Crippen molar-refractivity contribution in [3.8, 4) is 0 Å². The highest BCUT2D eigenvalue weighted by Gasteiger charge is 2.21. The third-order valence-corrected chi connectivity index (χ3v) is 3.46. The Labute approximate surface area is 103 Å². The molecule has 0 spiro atoms. The van der Waals surface area contributed by atoms with E-state index in [1.807, 2.05) is 0 Å². The number of H-pyrrole nitrogens is 1. The average molecular weight is 248 g/mol. The Morgan fingerprint density at radius 2 is 2.28 bits per heavy atom. The fraction of sp³-hybridized carbons (Fsp3) is 0.545. The number of anilines is 1. The first kappa shape index (κ1) is 11.2. The van der Waals surface area contributed by atoms with Crippen LogP contribution in [0.4, 0.5) is 5.82 Å². The molecule has 2 heterocycles. The lowest BCUT2D eigenvalue weighted by atomic mass is 9.91. The Kier molecular flexibility index (Phi) is 2.75. The summed E-state index contributed by atoms with van der Waals surface area (Å²) in [4.78, 5) is 15.5. The maximum absolute atomic E-state index is 11.3. The second kappa shape index (κ2) is 4.41. The zero-order valence-corrected chi connectivity index (χ0v) is 9.97. The molecule has 18 heavy (non-hydrogen) atoms. The van der Waals surface area contributed by atoms with E-state index in [1.54, 1.807) is 6.07 Å². The lowest BCUT2D eigenvalue weighted by Gasteiger charge is -2.29. The van der Waals surface area contributed by atoms with Crippen LogP contribution in [0.3, 0.4) is 0 Å². The number of rotatable bonds is 2. The maximum Gasteiger partial charge on any atom is 0.348 e. The Bertz CT molecular complexity index is 603. The van der Waals surface area contributed by atoms with Crippen LogP contribution in [0.2, 0.25) is 0 Å². The summed E-state index contributed by atoms with van der Waals surface area (Å²) in [6.07, 6.45) is 5.96. The Morgan fingerprint density at radius 3 is 3.11 bits per heavy atom. The zero-order chi connectivity index (χ0) is 12.5. The van der Waals surface area contributed by atoms with E-state index >= 15 is 0 Å². The number of hydrogen-bond donors (Lipinski definition) is 3. The molecule has 2 aromatic rings. The number of nitrogens with zero attached hydrogens (tertiary/aromatic N) is 3. The molecule has 7 heteroatoms. The molecule has 0 aliphatic heterocycles. The van der Waals surface area contributed by atoms with Gasteiger partial charge in [-0.1, -0.05) is 12.8 Å². The van der Waals surface area contributed by atoms with E-state index in [-0.39, 0.29) is 17.8 Å². The average Bonchev–Trinajstić information content (AvgIpc) is 2.74. The van der Waals surface area contributed by atoms with Gasteiger partial charge >= 0.3 is 5.69 Å². The number of nitrogens with one attached hydrogen (secondary N) is 2. The van der Waals surface area contributed by atoms with E-state index in [4.69, 9.17) is 5.73 Å². The fourth-order valence-corrected chi connectivity index (χ4v) is 2.42. The van der Waals surface area contributed by atoms with Gasteiger partial charge in [-0.25, -0.2) is 19.3 Å². The van der Waals surface area contributed by atoms with Crippen molar-refractivity contribution in [2.45, 2.75) is 37.8 Å². The molecule has 4 N–H and O–H groups in total. The van der Waals surface area contributed by atoms with Crippen LogP contribution in [0.25, 0.3) is 5.65 Å². The summed E-state index contributed by atoms with van der Waals surface area (Å²) in [6, 6.07) is 2.16. The van der Waals surface area contributed by atoms with Crippen LogP contribution >= 0.6 is 0 Å². The molecule has 1 aliphatic rings. The van der Waals surface area contributed by atoms with Crippen molar-refractivity contribution in [1.82, 2.24) is 19.6 Å². The van der Waals surface area contributed by atoms with E-state index in [9.17, 15) is 4.79 Å². The molecular formula is C11H16N6O. The van der Waals surface area contributed by atoms with Gasteiger partial charge in [-0.15, -0.1) is 0 Å². The molecule has 7 nitrogen and oxygen atoms in total. The molecule has 0 radical (unpaired) electrons. The van der Waals surface area contributed by atoms with Gasteiger partial charge in [0.25, 0.3) is 0 Å². The van der Waals surface area contributed by atoms with Gasteiger partial charge in [0.05, 0.1) is 0 Å². The molecule has 2 atom stereocenters. The quantitative estimate of drug-likeness (QED) is 0.699. The highest BCUT2D eigenvalue weighted by atomic mass is 16.1. The van der Waals surface area contributed by atoms with Crippen LogP contribution in [-0.4, -0.2) is 31.7 Å². The number of aromatic nitrogens is 4. The molecule has 1 fully saturated rings. The fourth-order valence-electron chi connectivity index (χ4n) is 2.42. The Balaban J connectivity index is 1.83. The molecule has 0 saturated heterocycles. The molecule has 0 bridgehead atoms. The van der Waals surface area contributed by atoms with Gasteiger partial charge in [-0.2, -0.15) is 5.10 Å². The van der Waals surface area contributed by atoms with Crippen molar-refractivity contribution in [1.29, 1.82) is 0 Å². The summed E-state index contributed by atoms with van der Waals surface area (Å²) in [5, 5.41) is 9.61. The first-order valence-electron chi connectivity index (χ1n) is 6.19. The monoisotopic (exact) mass is 248 g/mol. The second-order valence-electron chi connectivity index (χ2n) is 4.73. The van der Waals surface area contributed by atoms with Crippen LogP contribution in [-0.2, 0) is 0 Å². The molecule has 2 unspecified atom stereocenters. The van der Waals surface area contributed by atoms with Gasteiger partial charge in [-0.3, -0.25) is 0 Å². The van der Waals surface area contributed by atoms with E-state index in [2.05, 4.69) is 20.5 Å². The molecule has 0 aromatic carbocycles. The summed E-state index contributed by atoms with van der Waals surface area (Å²) >= 11 is 0. The summed E-state index contributed by atoms with van der Waals surface area (Å²) in [6.45, 7) is 0. The molecule has 0 amide bonds. The van der Waals surface area contributed by atoms with Crippen LogP contribution in [0.15, 0.2) is 17.2 Å². The van der Waals surface area contributed by atoms with E-state index < -0.39 is 0 Å². The van der Waals surface area contributed by atoms with Crippen molar-refractivity contribution < 1.29 is 0 Å². The maximum atomic E-state index is 11.3. The Hall–Kier alpha value is -1.89. The van der Waals surface area contributed by atoms with Gasteiger partial charge in [0, 0.05) is 18.2 Å². The molecule has 3 rings (SSSR count). The number of nitrogens with two attached hydrogens (primary N) is 1. The smallest absolute Gasteiger partial charge is 0.348 e. The SMILES string of the molecule is NC1CCCCC1Nc1cc2n[nH]c(=O)n2cn1. The lowest BCUT2D eigenvalue weighted by molar-refractivity contribution is 0.403. The van der Waals surface area contributed by atoms with Crippen LogP contribution in [0.1, 0.15) is 25.7 Å². The van der Waals surface area contributed by atoms with Crippen molar-refractivity contribution in [3.05, 3.63) is 22.9 Å². The van der Waals surface area contributed by atoms with Crippen molar-refractivity contribution in [3.63, 3.8) is 0 Å². The van der Waals surface area contributed by atoms with Gasteiger partial charge in [0.15, 0.2) is 5.65 Å². The minimum Gasteiger partial charge on any atom is -0.366 e. The van der Waals surface area contributed by atoms with Gasteiger partial charge in [0.1, 0.15) is 12.1 Å². The molecule has 2 aromatic heterocycles. The highest BCUT2D eigenvalue weighted by Crippen LogP contribution is 2.20. The summed E-state index contributed by atoms with van der Waals surface area (Å²) in [5.41, 5.74) is 6.35. The second-order valence-corrected chi connectivity index (χ2v) is 4.73. The third kappa shape index (κ3) is 1.97. The molecule has 1 saturated carbocycles. The highest BCUT2D eigenvalue weighted by molar-refractivity contribution is 5.48. The Morgan fingerprint density at radius 1 is 1.44 bits per heavy atom. The van der Waals surface area contributed by atoms with E-state index in [1.165, 1.54) is 23.6 Å². The first-order valence-corrected chi connectivity index (χ1v) is 6.19. The van der Waals surface area contributed by atoms with Gasteiger partial charge in [0.2, 0.25) is 0 Å². The first-order chi connectivity index (χ1) is 8.74. The van der Waals surface area contributed by atoms with E-state index in [0.29, 0.717) is 11.5 Å². The van der Waals surface area contributed by atoms with E-state index in [0.717, 1.165) is 12.8 Å². The van der Waals surface area contributed by atoms with Gasteiger partial charge < -0.3 is 11.1 Å². The summed E-state index contributed by atoms with van der Waals surface area (Å²) in [7, 11) is 0. The molecule has 96 valence electrons. The normalized spacial score (nSPS) is 24.3. The van der Waals surface area contributed by atoms with Gasteiger partial charge in [-0.05, 0) is 12.8 Å². The number of aromatic amines is 1. The van der Waals surface area contributed by atoms with Crippen LogP contribution in [0.5, 0.6) is 0 Å². The predicted octanol–water partition coefficient (Wildman–Crippen LogP) is 0.0994. The number of fused-ring (bicyclic) bond motifs is 1. The summed E-state index contributed by atoms with van der Waals surface area (Å²) < 4.78 is 1.37. The predicted molar refractivity (Wildman–Crippen MR) is 67.5 cm³/mol. The van der Waals surface area contributed by atoms with Crippen LogP contribution < -0.4 is 16.7 Å². The number of hydrogen-bond acceptors (Lipinski definition) is 5. The summed E-state index contributed by atoms with van der Waals surface area (Å²) in [5.74, 6) is 0.712. The van der Waals surface area contributed by atoms with Crippen molar-refractivity contribution >= 4 is 11.5 Å². The standard InChI is InChI=1S/C11H16N6O/c12-7-3-1-2-4-8(7)14-9-5-10-15-16-11(18)17(10)6-13-9/h5-8,14H,1-4,12H2,(H,16,18). The minimum absolute atomic E-state index is 0.165. The molecular weight excluding hydrogens is 232 g/mol. The van der Waals surface area contributed by atoms with Crippen molar-refractivity contribution in [2.75, 3.05) is 5.32 Å². The zero-order valence-electron chi connectivity index (χ0n) is 9.97. The van der Waals surface area contributed by atoms with Crippen molar-refractivity contribution in [2.24, 2.45) is 5.73 Å². The van der Waals surface area contributed by atoms with Crippen LogP contribution in [0, 0.1) is 0 Å². The topological polar surface area (TPSA) is 101 Å². The minimum atomic E-state index is -0.279. The third-order valence-electron chi connectivity index (χ3n) is 3.46. The lowest BCUT2D eigenvalue weighted by Crippen LogP contribution is -2.42. The molecule has 1 aliphatic carbocycles. The largest absolute Gasteiger partial charge is 0.366 e.